The van der Waals surface area contributed by atoms with E-state index < -0.39 is 5.41 Å². The Bertz CT molecular complexity index is 1670. The highest BCUT2D eigenvalue weighted by Gasteiger charge is 2.66. The van der Waals surface area contributed by atoms with E-state index in [1.165, 1.54) is 0 Å². The molecule has 3 aromatic heterocycles. The van der Waals surface area contributed by atoms with Gasteiger partial charge in [-0.25, -0.2) is 15.0 Å². The Morgan fingerprint density at radius 1 is 1.08 bits per heavy atom. The second kappa shape index (κ2) is 8.45. The number of nitrogens with two attached hydrogens (primary N) is 1. The van der Waals surface area contributed by atoms with Gasteiger partial charge in [-0.2, -0.15) is 0 Å². The van der Waals surface area contributed by atoms with Crippen molar-refractivity contribution in [2.45, 2.75) is 44.6 Å². The lowest BCUT2D eigenvalue weighted by Crippen LogP contribution is -2.43. The first-order valence-electron chi connectivity index (χ1n) is 13.2. The van der Waals surface area contributed by atoms with Crippen LogP contribution in [-0.4, -0.2) is 54.4 Å². The number of imidazole rings is 1. The molecule has 10 heteroatoms. The zero-order valence-corrected chi connectivity index (χ0v) is 21.4. The monoisotopic (exact) mass is 521 g/mol. The number of hydrogen-bond donors (Lipinski definition) is 2. The molecule has 7 rings (SSSR count). The smallest absolute Gasteiger partial charge is 0.256 e. The molecule has 5 heterocycles. The van der Waals surface area contributed by atoms with Crippen LogP contribution in [0.4, 0.5) is 11.6 Å². The van der Waals surface area contributed by atoms with Crippen LogP contribution in [0, 0.1) is 12.3 Å². The summed E-state index contributed by atoms with van der Waals surface area (Å²) in [4.78, 5) is 54.0. The first-order chi connectivity index (χ1) is 18.9. The Hall–Kier alpha value is -4.60. The summed E-state index contributed by atoms with van der Waals surface area (Å²) in [5.74, 6) is 1.42. The van der Waals surface area contributed by atoms with Gasteiger partial charge in [-0.1, -0.05) is 12.1 Å². The van der Waals surface area contributed by atoms with Gasteiger partial charge in [-0.05, 0) is 62.4 Å². The Morgan fingerprint density at radius 2 is 1.87 bits per heavy atom. The summed E-state index contributed by atoms with van der Waals surface area (Å²) in [7, 11) is 0. The summed E-state index contributed by atoms with van der Waals surface area (Å²) in [6.45, 7) is 2.40. The molecule has 1 saturated carbocycles. The highest BCUT2D eigenvalue weighted by Crippen LogP contribution is 2.55. The number of carbonyl (C=O) groups is 3. The summed E-state index contributed by atoms with van der Waals surface area (Å²) in [6, 6.07) is 10.5. The van der Waals surface area contributed by atoms with Gasteiger partial charge in [-0.15, -0.1) is 0 Å². The lowest BCUT2D eigenvalue weighted by molar-refractivity contribution is -0.134. The largest absolute Gasteiger partial charge is 0.382 e. The number of amides is 2. The van der Waals surface area contributed by atoms with Crippen LogP contribution in [0.15, 0.2) is 55.0 Å². The first kappa shape index (κ1) is 23.5. The lowest BCUT2D eigenvalue weighted by atomic mass is 9.90. The fourth-order valence-electron chi connectivity index (χ4n) is 6.11. The van der Waals surface area contributed by atoms with Gasteiger partial charge in [0, 0.05) is 42.2 Å². The third kappa shape index (κ3) is 3.62. The highest BCUT2D eigenvalue weighted by atomic mass is 16.2. The second-order valence-corrected chi connectivity index (χ2v) is 10.8. The molecule has 1 aromatic carbocycles. The number of pyridine rings is 1. The van der Waals surface area contributed by atoms with E-state index in [1.54, 1.807) is 29.4 Å². The molecule has 3 N–H and O–H groups in total. The summed E-state index contributed by atoms with van der Waals surface area (Å²) in [5.41, 5.74) is 9.22. The van der Waals surface area contributed by atoms with Gasteiger partial charge in [0.15, 0.2) is 5.78 Å². The summed E-state index contributed by atoms with van der Waals surface area (Å²) >= 11 is 0. The molecule has 10 nitrogen and oxygen atoms in total. The fraction of sp³-hybridized carbons (Fsp3) is 0.310. The Balaban J connectivity index is 1.19. The predicted molar refractivity (Wildman–Crippen MR) is 144 cm³/mol. The van der Waals surface area contributed by atoms with Gasteiger partial charge in [0.2, 0.25) is 5.91 Å². The van der Waals surface area contributed by atoms with Gasteiger partial charge in [-0.3, -0.25) is 18.8 Å². The number of benzene rings is 1. The van der Waals surface area contributed by atoms with Crippen LogP contribution in [-0.2, 0) is 9.59 Å². The predicted octanol–water partition coefficient (Wildman–Crippen LogP) is 3.37. The number of nitrogen functional groups attached to an aromatic ring is 1. The number of fused-ring (bicyclic) bond motifs is 2. The standard InChI is InChI=1S/C29H27N7O3/c1-16-8-11-31-21(14-16)33-27(38)18-4-2-17(3-5-18)22-23-25(30)32-12-13-35(23)26(34-22)19-6-7-20-24(37)29(9-10-29)28(39)36(20)15-19/h2-5,8,11-14,19-20H,6-7,9-10,15H2,1H3,(H2,30,32)(H,31,33,38)/t19-,20+/m1/s1. The second-order valence-electron chi connectivity index (χ2n) is 10.8. The quantitative estimate of drug-likeness (QED) is 0.393. The van der Waals surface area contributed by atoms with Crippen molar-refractivity contribution in [1.82, 2.24) is 24.3 Å². The van der Waals surface area contributed by atoms with Crippen molar-refractivity contribution in [2.24, 2.45) is 5.41 Å². The van der Waals surface area contributed by atoms with Gasteiger partial charge in [0.25, 0.3) is 5.91 Å². The SMILES string of the molecule is Cc1ccnc(NC(=O)c2ccc(-c3nc([C@@H]4CC[C@H]5C(=O)C6(CC6)C(=O)N5C4)n4ccnc(N)c34)cc2)c1. The molecular weight excluding hydrogens is 494 g/mol. The number of rotatable bonds is 4. The van der Waals surface area contributed by atoms with Crippen LogP contribution in [0.2, 0.25) is 0 Å². The number of piperidine rings is 1. The molecule has 39 heavy (non-hydrogen) atoms. The molecule has 0 bridgehead atoms. The zero-order valence-electron chi connectivity index (χ0n) is 21.4. The van der Waals surface area contributed by atoms with Crippen molar-refractivity contribution in [3.8, 4) is 11.3 Å². The van der Waals surface area contributed by atoms with E-state index in [0.717, 1.165) is 23.4 Å². The Labute approximate surface area is 224 Å². The van der Waals surface area contributed by atoms with Gasteiger partial charge in [0.1, 0.15) is 34.1 Å². The molecule has 1 spiro atoms. The number of carbonyl (C=O) groups excluding carboxylic acids is 3. The number of nitrogens with zero attached hydrogens (tertiary/aromatic N) is 5. The van der Waals surface area contributed by atoms with E-state index in [-0.39, 0.29) is 29.6 Å². The van der Waals surface area contributed by atoms with E-state index in [0.29, 0.717) is 54.2 Å². The molecule has 196 valence electrons. The van der Waals surface area contributed by atoms with Crippen molar-refractivity contribution < 1.29 is 14.4 Å². The molecule has 0 radical (unpaired) electrons. The van der Waals surface area contributed by atoms with E-state index in [9.17, 15) is 14.4 Å². The average Bonchev–Trinajstić information content (AvgIpc) is 3.62. The molecule has 2 saturated heterocycles. The lowest BCUT2D eigenvalue weighted by Gasteiger charge is -2.33. The van der Waals surface area contributed by atoms with Crippen LogP contribution < -0.4 is 11.1 Å². The molecule has 3 aliphatic rings. The van der Waals surface area contributed by atoms with E-state index in [1.807, 2.05) is 41.8 Å². The minimum atomic E-state index is -0.739. The van der Waals surface area contributed by atoms with Crippen molar-refractivity contribution in [2.75, 3.05) is 17.6 Å². The average molecular weight is 522 g/mol. The molecule has 1 aliphatic carbocycles. The van der Waals surface area contributed by atoms with Crippen molar-refractivity contribution in [3.05, 3.63) is 71.9 Å². The van der Waals surface area contributed by atoms with E-state index >= 15 is 0 Å². The van der Waals surface area contributed by atoms with Crippen molar-refractivity contribution >= 4 is 34.8 Å². The summed E-state index contributed by atoms with van der Waals surface area (Å²) in [6.07, 6.45) is 7.87. The Morgan fingerprint density at radius 3 is 2.62 bits per heavy atom. The number of anilines is 2. The van der Waals surface area contributed by atoms with Crippen LogP contribution in [0.3, 0.4) is 0 Å². The zero-order chi connectivity index (χ0) is 26.9. The van der Waals surface area contributed by atoms with Crippen LogP contribution in [0.5, 0.6) is 0 Å². The first-order valence-corrected chi connectivity index (χ1v) is 13.2. The van der Waals surface area contributed by atoms with Gasteiger partial charge < -0.3 is 16.0 Å². The Kier molecular flexibility index (Phi) is 5.10. The molecule has 2 aliphatic heterocycles. The minimum absolute atomic E-state index is 0.0146. The number of aryl methyl sites for hydroxylation is 1. The maximum absolute atomic E-state index is 13.1. The number of ketones is 1. The highest BCUT2D eigenvalue weighted by molar-refractivity contribution is 6.17. The minimum Gasteiger partial charge on any atom is -0.382 e. The van der Waals surface area contributed by atoms with Gasteiger partial charge >= 0.3 is 0 Å². The summed E-state index contributed by atoms with van der Waals surface area (Å²) in [5, 5.41) is 2.82. The number of nitrogens with one attached hydrogen (secondary N) is 1. The number of hydrogen-bond acceptors (Lipinski definition) is 7. The van der Waals surface area contributed by atoms with Crippen molar-refractivity contribution in [3.63, 3.8) is 0 Å². The van der Waals surface area contributed by atoms with Crippen LogP contribution >= 0.6 is 0 Å². The van der Waals surface area contributed by atoms with E-state index in [2.05, 4.69) is 15.3 Å². The molecular formula is C29H27N7O3. The van der Waals surface area contributed by atoms with Crippen LogP contribution in [0.1, 0.15) is 53.3 Å². The molecule has 4 aromatic rings. The molecule has 3 fully saturated rings. The maximum Gasteiger partial charge on any atom is 0.256 e. The van der Waals surface area contributed by atoms with Crippen LogP contribution in [0.25, 0.3) is 16.8 Å². The maximum atomic E-state index is 13.1. The third-order valence-electron chi connectivity index (χ3n) is 8.33. The van der Waals surface area contributed by atoms with Crippen molar-refractivity contribution in [1.29, 1.82) is 0 Å². The normalized spacial score (nSPS) is 21.4. The molecule has 2 atom stereocenters. The summed E-state index contributed by atoms with van der Waals surface area (Å²) < 4.78 is 1.95. The van der Waals surface area contributed by atoms with E-state index in [4.69, 9.17) is 10.7 Å². The van der Waals surface area contributed by atoms with Gasteiger partial charge in [0.05, 0.1) is 6.04 Å². The number of Topliss-reactive ketones (excluding diaryl/α,β-unsaturated/α-hetero) is 1. The topological polar surface area (TPSA) is 136 Å². The number of aromatic nitrogens is 4. The molecule has 2 amide bonds. The fourth-order valence-corrected chi connectivity index (χ4v) is 6.11. The molecule has 0 unspecified atom stereocenters. The third-order valence-corrected chi connectivity index (χ3v) is 8.33.